The molecule has 1 heterocycles. The number of likely N-dealkylation sites (tertiary alicyclic amines) is 1. The maximum Gasteiger partial charge on any atom is 0.133 e. The molecule has 1 saturated carbocycles. The highest BCUT2D eigenvalue weighted by molar-refractivity contribution is 5.79. The van der Waals surface area contributed by atoms with Gasteiger partial charge in [0.2, 0.25) is 0 Å². The fraction of sp³-hybridized carbons (Fsp3) is 0.929. The molecule has 1 aliphatic heterocycles. The van der Waals surface area contributed by atoms with E-state index < -0.39 is 0 Å². The van der Waals surface area contributed by atoms with Crippen molar-refractivity contribution in [1.82, 2.24) is 4.90 Å². The molecule has 92 valence electrons. The predicted octanol–water partition coefficient (Wildman–Crippen LogP) is 3.01. The molecule has 0 aromatic carbocycles. The molecule has 0 amide bonds. The fourth-order valence-electron chi connectivity index (χ4n) is 3.33. The van der Waals surface area contributed by atoms with E-state index >= 15 is 0 Å². The second-order valence-corrected chi connectivity index (χ2v) is 6.73. The quantitative estimate of drug-likeness (QED) is 0.629. The Morgan fingerprint density at radius 2 is 1.75 bits per heavy atom. The average molecular weight is 223 g/mol. The highest BCUT2D eigenvalue weighted by Gasteiger charge is 2.40. The van der Waals surface area contributed by atoms with E-state index in [9.17, 15) is 4.79 Å². The molecule has 0 bridgehead atoms. The molecule has 0 aromatic heterocycles. The molecule has 0 unspecified atom stereocenters. The maximum atomic E-state index is 11.6. The van der Waals surface area contributed by atoms with Crippen LogP contribution in [0.4, 0.5) is 0 Å². The first-order valence-corrected chi connectivity index (χ1v) is 6.68. The molecular weight excluding hydrogens is 198 g/mol. The number of carbonyl (C=O) groups is 1. The predicted molar refractivity (Wildman–Crippen MR) is 66.5 cm³/mol. The number of piperidine rings is 1. The third-order valence-corrected chi connectivity index (χ3v) is 4.51. The van der Waals surface area contributed by atoms with Gasteiger partial charge >= 0.3 is 0 Å². The van der Waals surface area contributed by atoms with Crippen LogP contribution in [0.3, 0.4) is 0 Å². The number of Topliss-reactive ketones (excluding diaryl/α,β-unsaturated/α-hetero) is 1. The third kappa shape index (κ3) is 2.48. The molecule has 0 atom stereocenters. The van der Waals surface area contributed by atoms with Crippen molar-refractivity contribution in [2.24, 2.45) is 5.41 Å². The SMILES string of the molecule is CC(C)(C)N1CCC2(CCCC(=O)C2)CC1. The van der Waals surface area contributed by atoms with Crippen molar-refractivity contribution in [2.45, 2.75) is 64.8 Å². The molecule has 2 nitrogen and oxygen atoms in total. The fourth-order valence-corrected chi connectivity index (χ4v) is 3.33. The van der Waals surface area contributed by atoms with Gasteiger partial charge in [-0.25, -0.2) is 0 Å². The van der Waals surface area contributed by atoms with Gasteiger partial charge in [-0.15, -0.1) is 0 Å². The molecule has 0 radical (unpaired) electrons. The van der Waals surface area contributed by atoms with Crippen molar-refractivity contribution in [3.63, 3.8) is 0 Å². The van der Waals surface area contributed by atoms with E-state index in [1.807, 2.05) is 0 Å². The zero-order valence-corrected chi connectivity index (χ0v) is 11.0. The van der Waals surface area contributed by atoms with E-state index in [2.05, 4.69) is 25.7 Å². The number of carbonyl (C=O) groups excluding carboxylic acids is 1. The lowest BCUT2D eigenvalue weighted by Crippen LogP contribution is -2.50. The zero-order chi connectivity index (χ0) is 11.8. The molecule has 2 aliphatic rings. The molecule has 2 fully saturated rings. The lowest BCUT2D eigenvalue weighted by atomic mass is 9.67. The van der Waals surface area contributed by atoms with Crippen LogP contribution in [-0.4, -0.2) is 29.3 Å². The highest BCUT2D eigenvalue weighted by Crippen LogP contribution is 2.44. The molecule has 1 aliphatic carbocycles. The third-order valence-electron chi connectivity index (χ3n) is 4.51. The van der Waals surface area contributed by atoms with Gasteiger partial charge in [-0.1, -0.05) is 0 Å². The standard InChI is InChI=1S/C14H25NO/c1-13(2,3)15-9-7-14(8-10-15)6-4-5-12(16)11-14/h4-11H2,1-3H3. The Hall–Kier alpha value is -0.370. The van der Waals surface area contributed by atoms with Crippen molar-refractivity contribution in [3.05, 3.63) is 0 Å². The van der Waals surface area contributed by atoms with E-state index in [4.69, 9.17) is 0 Å². The summed E-state index contributed by atoms with van der Waals surface area (Å²) in [7, 11) is 0. The number of rotatable bonds is 0. The number of hydrogen-bond donors (Lipinski definition) is 0. The Labute approximate surface area is 99.4 Å². The second kappa shape index (κ2) is 4.14. The van der Waals surface area contributed by atoms with Crippen LogP contribution in [0.15, 0.2) is 0 Å². The first kappa shape index (κ1) is 12.1. The zero-order valence-electron chi connectivity index (χ0n) is 11.0. The van der Waals surface area contributed by atoms with Gasteiger partial charge in [0.25, 0.3) is 0 Å². The van der Waals surface area contributed by atoms with Gasteiger partial charge in [0.15, 0.2) is 0 Å². The van der Waals surface area contributed by atoms with Crippen LogP contribution in [0.25, 0.3) is 0 Å². The summed E-state index contributed by atoms with van der Waals surface area (Å²) in [6, 6.07) is 0. The molecule has 16 heavy (non-hydrogen) atoms. The van der Waals surface area contributed by atoms with Gasteiger partial charge in [0, 0.05) is 18.4 Å². The Morgan fingerprint density at radius 1 is 1.12 bits per heavy atom. The monoisotopic (exact) mass is 223 g/mol. The Morgan fingerprint density at radius 3 is 2.25 bits per heavy atom. The van der Waals surface area contributed by atoms with E-state index in [0.717, 1.165) is 19.3 Å². The maximum absolute atomic E-state index is 11.6. The van der Waals surface area contributed by atoms with Crippen molar-refractivity contribution < 1.29 is 4.79 Å². The van der Waals surface area contributed by atoms with Gasteiger partial charge in [0.05, 0.1) is 0 Å². The minimum Gasteiger partial charge on any atom is -0.300 e. The molecule has 1 spiro atoms. The van der Waals surface area contributed by atoms with Crippen molar-refractivity contribution in [2.75, 3.05) is 13.1 Å². The Kier molecular flexibility index (Phi) is 3.13. The van der Waals surface area contributed by atoms with Crippen LogP contribution in [0.1, 0.15) is 59.3 Å². The minimum atomic E-state index is 0.292. The van der Waals surface area contributed by atoms with Gasteiger partial charge in [-0.05, 0) is 65.0 Å². The summed E-state index contributed by atoms with van der Waals surface area (Å²) in [6.07, 6.45) is 6.59. The van der Waals surface area contributed by atoms with Gasteiger partial charge in [-0.3, -0.25) is 9.69 Å². The van der Waals surface area contributed by atoms with Crippen LogP contribution in [-0.2, 0) is 4.79 Å². The lowest BCUT2D eigenvalue weighted by Gasteiger charge is -2.47. The molecule has 1 saturated heterocycles. The van der Waals surface area contributed by atoms with E-state index in [0.29, 0.717) is 16.7 Å². The molecular formula is C14H25NO. The number of hydrogen-bond acceptors (Lipinski definition) is 2. The second-order valence-electron chi connectivity index (χ2n) is 6.73. The molecule has 0 aromatic rings. The Balaban J connectivity index is 1.96. The van der Waals surface area contributed by atoms with Crippen LogP contribution in [0.2, 0.25) is 0 Å². The normalized spacial score (nSPS) is 27.3. The summed E-state index contributed by atoms with van der Waals surface area (Å²) in [6.45, 7) is 9.22. The first-order valence-electron chi connectivity index (χ1n) is 6.68. The topological polar surface area (TPSA) is 20.3 Å². The summed E-state index contributed by atoms with van der Waals surface area (Å²) in [5, 5.41) is 0. The van der Waals surface area contributed by atoms with Crippen molar-refractivity contribution in [1.29, 1.82) is 0 Å². The average Bonchev–Trinajstić information content (AvgIpc) is 2.16. The van der Waals surface area contributed by atoms with Gasteiger partial charge in [-0.2, -0.15) is 0 Å². The first-order chi connectivity index (χ1) is 7.41. The van der Waals surface area contributed by atoms with Gasteiger partial charge < -0.3 is 0 Å². The van der Waals surface area contributed by atoms with E-state index in [1.54, 1.807) is 0 Å². The van der Waals surface area contributed by atoms with E-state index in [-0.39, 0.29) is 0 Å². The van der Waals surface area contributed by atoms with E-state index in [1.165, 1.54) is 32.4 Å². The number of nitrogens with zero attached hydrogens (tertiary/aromatic N) is 1. The summed E-state index contributed by atoms with van der Waals surface area (Å²) in [5.74, 6) is 0.510. The van der Waals surface area contributed by atoms with Crippen LogP contribution >= 0.6 is 0 Å². The van der Waals surface area contributed by atoms with Crippen LogP contribution in [0, 0.1) is 5.41 Å². The summed E-state index contributed by atoms with van der Waals surface area (Å²) >= 11 is 0. The lowest BCUT2D eigenvalue weighted by molar-refractivity contribution is -0.125. The smallest absolute Gasteiger partial charge is 0.133 e. The largest absolute Gasteiger partial charge is 0.300 e. The number of ketones is 1. The van der Waals surface area contributed by atoms with Gasteiger partial charge in [0.1, 0.15) is 5.78 Å². The summed E-state index contributed by atoms with van der Waals surface area (Å²) in [4.78, 5) is 14.2. The minimum absolute atomic E-state index is 0.292. The summed E-state index contributed by atoms with van der Waals surface area (Å²) < 4.78 is 0. The highest BCUT2D eigenvalue weighted by atomic mass is 16.1. The van der Waals surface area contributed by atoms with Crippen LogP contribution in [0.5, 0.6) is 0 Å². The molecule has 2 heteroatoms. The Bertz CT molecular complexity index is 269. The van der Waals surface area contributed by atoms with Crippen LogP contribution < -0.4 is 0 Å². The molecule has 2 rings (SSSR count). The summed E-state index contributed by atoms with van der Waals surface area (Å²) in [5.41, 5.74) is 0.678. The van der Waals surface area contributed by atoms with Crippen molar-refractivity contribution >= 4 is 5.78 Å². The van der Waals surface area contributed by atoms with Crippen molar-refractivity contribution in [3.8, 4) is 0 Å². The molecule has 0 N–H and O–H groups in total.